The number of hydrogen-bond acceptors (Lipinski definition) is 4. The molecule has 27 heavy (non-hydrogen) atoms. The van der Waals surface area contributed by atoms with Gasteiger partial charge >= 0.3 is 0 Å². The highest BCUT2D eigenvalue weighted by Crippen LogP contribution is 2.20. The van der Waals surface area contributed by atoms with Crippen LogP contribution in [-0.2, 0) is 6.42 Å². The lowest BCUT2D eigenvalue weighted by Gasteiger charge is -2.11. The Morgan fingerprint density at radius 3 is 2.33 bits per heavy atom. The van der Waals surface area contributed by atoms with Crippen LogP contribution >= 0.6 is 0 Å². The topological polar surface area (TPSA) is 66.9 Å². The maximum atomic E-state index is 12.9. The number of aryl methyl sites for hydroxylation is 2. The Bertz CT molecular complexity index is 904. The Balaban J connectivity index is 1.56. The van der Waals surface area contributed by atoms with E-state index in [1.807, 2.05) is 32.0 Å². The number of nitrogens with zero attached hydrogens (tertiary/aromatic N) is 2. The van der Waals surface area contributed by atoms with Gasteiger partial charge in [0.1, 0.15) is 17.3 Å². The lowest BCUT2D eigenvalue weighted by molar-refractivity contribution is 0.102. The molecule has 0 fully saturated rings. The van der Waals surface area contributed by atoms with Gasteiger partial charge in [-0.1, -0.05) is 30.3 Å². The number of benzene rings is 2. The van der Waals surface area contributed by atoms with Crippen molar-refractivity contribution < 1.29 is 9.18 Å². The van der Waals surface area contributed by atoms with Gasteiger partial charge in [0.25, 0.3) is 5.91 Å². The zero-order valence-corrected chi connectivity index (χ0v) is 15.3. The van der Waals surface area contributed by atoms with E-state index in [1.165, 1.54) is 24.5 Å². The summed E-state index contributed by atoms with van der Waals surface area (Å²) in [5, 5.41) is 6.03. The van der Waals surface area contributed by atoms with E-state index in [0.29, 0.717) is 12.4 Å². The van der Waals surface area contributed by atoms with E-state index in [9.17, 15) is 9.18 Å². The minimum atomic E-state index is -0.294. The summed E-state index contributed by atoms with van der Waals surface area (Å²) in [7, 11) is 0. The van der Waals surface area contributed by atoms with Gasteiger partial charge in [0.05, 0.1) is 12.4 Å². The van der Waals surface area contributed by atoms with Crippen molar-refractivity contribution in [1.29, 1.82) is 0 Å². The average Bonchev–Trinajstić information content (AvgIpc) is 2.67. The van der Waals surface area contributed by atoms with Gasteiger partial charge in [0.2, 0.25) is 0 Å². The van der Waals surface area contributed by atoms with Gasteiger partial charge in [-0.05, 0) is 49.1 Å². The summed E-state index contributed by atoms with van der Waals surface area (Å²) in [5.41, 5.74) is 4.07. The fraction of sp³-hybridized carbons (Fsp3) is 0.190. The second kappa shape index (κ2) is 8.40. The van der Waals surface area contributed by atoms with Crippen LogP contribution in [0.2, 0.25) is 0 Å². The molecule has 1 heterocycles. The highest BCUT2D eigenvalue weighted by molar-refractivity contribution is 6.03. The van der Waals surface area contributed by atoms with Gasteiger partial charge in [0.15, 0.2) is 0 Å². The number of rotatable bonds is 6. The fourth-order valence-corrected chi connectivity index (χ4v) is 2.71. The van der Waals surface area contributed by atoms with E-state index in [-0.39, 0.29) is 17.4 Å². The summed E-state index contributed by atoms with van der Waals surface area (Å²) in [6, 6.07) is 12.2. The molecule has 5 nitrogen and oxygen atoms in total. The van der Waals surface area contributed by atoms with Crippen LogP contribution < -0.4 is 10.6 Å². The third-order valence-corrected chi connectivity index (χ3v) is 4.24. The summed E-state index contributed by atoms with van der Waals surface area (Å²) in [4.78, 5) is 20.8. The molecule has 3 aromatic rings. The number of carbonyl (C=O) groups is 1. The number of anilines is 2. The van der Waals surface area contributed by atoms with Gasteiger partial charge in [0, 0.05) is 12.2 Å². The lowest BCUT2D eigenvalue weighted by atomic mass is 10.1. The van der Waals surface area contributed by atoms with Gasteiger partial charge < -0.3 is 10.6 Å². The molecule has 0 atom stereocenters. The molecule has 0 aliphatic carbocycles. The molecule has 0 aliphatic heterocycles. The van der Waals surface area contributed by atoms with Crippen molar-refractivity contribution in [2.45, 2.75) is 20.3 Å². The highest BCUT2D eigenvalue weighted by atomic mass is 19.1. The third kappa shape index (κ3) is 4.88. The van der Waals surface area contributed by atoms with Crippen molar-refractivity contribution in [3.05, 3.63) is 83.1 Å². The van der Waals surface area contributed by atoms with E-state index in [4.69, 9.17) is 0 Å². The summed E-state index contributed by atoms with van der Waals surface area (Å²) >= 11 is 0. The lowest BCUT2D eigenvalue weighted by Crippen LogP contribution is -2.16. The summed E-state index contributed by atoms with van der Waals surface area (Å²) in [5.74, 6) is 0.0471. The second-order valence-corrected chi connectivity index (χ2v) is 6.31. The maximum Gasteiger partial charge on any atom is 0.275 e. The molecule has 1 aromatic heterocycles. The maximum absolute atomic E-state index is 12.9. The van der Waals surface area contributed by atoms with Crippen molar-refractivity contribution in [2.75, 3.05) is 17.2 Å². The van der Waals surface area contributed by atoms with E-state index >= 15 is 0 Å². The smallest absolute Gasteiger partial charge is 0.275 e. The Hall–Kier alpha value is -3.28. The molecule has 0 radical (unpaired) electrons. The van der Waals surface area contributed by atoms with Crippen molar-refractivity contribution in [3.8, 4) is 0 Å². The molecule has 138 valence electrons. The van der Waals surface area contributed by atoms with Crippen LogP contribution in [-0.4, -0.2) is 22.4 Å². The normalized spacial score (nSPS) is 10.5. The number of hydrogen-bond donors (Lipinski definition) is 2. The second-order valence-electron chi connectivity index (χ2n) is 6.31. The minimum absolute atomic E-state index is 0.243. The third-order valence-electron chi connectivity index (χ3n) is 4.24. The molecule has 0 spiro atoms. The molecular formula is C21H21FN4O. The Kier molecular flexibility index (Phi) is 5.76. The Morgan fingerprint density at radius 1 is 1.00 bits per heavy atom. The number of nitrogens with one attached hydrogen (secondary N) is 2. The van der Waals surface area contributed by atoms with Gasteiger partial charge in [-0.25, -0.2) is 14.4 Å². The minimum Gasteiger partial charge on any atom is -0.368 e. The fourth-order valence-electron chi connectivity index (χ4n) is 2.71. The quantitative estimate of drug-likeness (QED) is 0.690. The molecular weight excluding hydrogens is 343 g/mol. The van der Waals surface area contributed by atoms with E-state index < -0.39 is 0 Å². The number of amides is 1. The molecule has 0 aliphatic rings. The molecule has 2 aromatic carbocycles. The van der Waals surface area contributed by atoms with Crippen molar-refractivity contribution in [1.82, 2.24) is 9.97 Å². The number of carbonyl (C=O) groups excluding carboxylic acids is 1. The van der Waals surface area contributed by atoms with Crippen LogP contribution in [0.15, 0.2) is 54.9 Å². The number of halogens is 1. The van der Waals surface area contributed by atoms with Gasteiger partial charge in [-0.15, -0.1) is 0 Å². The first-order valence-electron chi connectivity index (χ1n) is 8.71. The largest absolute Gasteiger partial charge is 0.368 e. The number of para-hydroxylation sites is 1. The SMILES string of the molecule is Cc1cccc(C)c1NC(=O)c1cnc(NCCc2ccc(F)cc2)cn1. The molecule has 0 bridgehead atoms. The summed E-state index contributed by atoms with van der Waals surface area (Å²) in [6.45, 7) is 4.53. The molecule has 0 unspecified atom stereocenters. The summed E-state index contributed by atoms with van der Waals surface area (Å²) in [6.07, 6.45) is 3.71. The molecule has 2 N–H and O–H groups in total. The Labute approximate surface area is 157 Å². The van der Waals surface area contributed by atoms with E-state index in [1.54, 1.807) is 12.1 Å². The number of aromatic nitrogens is 2. The van der Waals surface area contributed by atoms with E-state index in [0.717, 1.165) is 28.8 Å². The molecule has 0 saturated carbocycles. The first-order chi connectivity index (χ1) is 13.0. The predicted molar refractivity (Wildman–Crippen MR) is 104 cm³/mol. The Morgan fingerprint density at radius 2 is 1.70 bits per heavy atom. The van der Waals surface area contributed by atoms with Crippen molar-refractivity contribution >= 4 is 17.4 Å². The van der Waals surface area contributed by atoms with Crippen LogP contribution in [0.5, 0.6) is 0 Å². The van der Waals surface area contributed by atoms with Crippen molar-refractivity contribution in [3.63, 3.8) is 0 Å². The average molecular weight is 364 g/mol. The monoisotopic (exact) mass is 364 g/mol. The zero-order chi connectivity index (χ0) is 19.2. The van der Waals surface area contributed by atoms with Crippen LogP contribution in [0.4, 0.5) is 15.9 Å². The molecule has 0 saturated heterocycles. The first kappa shape index (κ1) is 18.5. The van der Waals surface area contributed by atoms with Crippen LogP contribution in [0, 0.1) is 19.7 Å². The standard InChI is InChI=1S/C21H21FN4O/c1-14-4-3-5-15(2)20(14)26-21(27)18-12-25-19(13-24-18)23-11-10-16-6-8-17(22)9-7-16/h3-9,12-13H,10-11H2,1-2H3,(H,23,25)(H,26,27). The van der Waals surface area contributed by atoms with Gasteiger partial charge in [-0.2, -0.15) is 0 Å². The van der Waals surface area contributed by atoms with Crippen molar-refractivity contribution in [2.24, 2.45) is 0 Å². The summed E-state index contributed by atoms with van der Waals surface area (Å²) < 4.78 is 12.9. The van der Waals surface area contributed by atoms with Crippen LogP contribution in [0.25, 0.3) is 0 Å². The zero-order valence-electron chi connectivity index (χ0n) is 15.3. The first-order valence-corrected chi connectivity index (χ1v) is 8.71. The van der Waals surface area contributed by atoms with Crippen LogP contribution in [0.3, 0.4) is 0 Å². The molecule has 3 rings (SSSR count). The molecule has 6 heteroatoms. The van der Waals surface area contributed by atoms with Crippen LogP contribution in [0.1, 0.15) is 27.2 Å². The predicted octanol–water partition coefficient (Wildman–Crippen LogP) is 4.14. The highest BCUT2D eigenvalue weighted by Gasteiger charge is 2.11. The van der Waals surface area contributed by atoms with Gasteiger partial charge in [-0.3, -0.25) is 4.79 Å². The van der Waals surface area contributed by atoms with E-state index in [2.05, 4.69) is 20.6 Å². The molecule has 1 amide bonds.